The van der Waals surface area contributed by atoms with Crippen molar-refractivity contribution in [1.29, 1.82) is 0 Å². The molecule has 1 aliphatic rings. The van der Waals surface area contributed by atoms with Crippen LogP contribution in [0.25, 0.3) is 0 Å². The van der Waals surface area contributed by atoms with E-state index in [0.29, 0.717) is 0 Å². The molecule has 5 nitrogen and oxygen atoms in total. The molecule has 0 radical (unpaired) electrons. The molecule has 118 valence electrons. The van der Waals surface area contributed by atoms with Gasteiger partial charge in [0.2, 0.25) is 0 Å². The Bertz CT molecular complexity index is 488. The van der Waals surface area contributed by atoms with Crippen LogP contribution in [0.3, 0.4) is 0 Å². The molecule has 0 aromatic carbocycles. The van der Waals surface area contributed by atoms with Gasteiger partial charge in [-0.15, -0.1) is 0 Å². The van der Waals surface area contributed by atoms with E-state index in [1.54, 1.807) is 41.5 Å². The van der Waals surface area contributed by atoms with E-state index in [0.717, 1.165) is 0 Å². The Morgan fingerprint density at radius 1 is 1.10 bits per heavy atom. The monoisotopic (exact) mass is 296 g/mol. The van der Waals surface area contributed by atoms with E-state index >= 15 is 0 Å². The fourth-order valence-electron chi connectivity index (χ4n) is 1.72. The van der Waals surface area contributed by atoms with Crippen molar-refractivity contribution in [2.45, 2.75) is 64.8 Å². The molecule has 1 unspecified atom stereocenters. The summed E-state index contributed by atoms with van der Waals surface area (Å²) in [7, 11) is 0. The predicted molar refractivity (Wildman–Crippen MR) is 78.5 cm³/mol. The van der Waals surface area contributed by atoms with Crippen molar-refractivity contribution in [1.82, 2.24) is 0 Å². The molecule has 1 atom stereocenters. The first-order valence-electron chi connectivity index (χ1n) is 6.90. The van der Waals surface area contributed by atoms with Gasteiger partial charge in [-0.05, 0) is 47.6 Å². The number of allylic oxidation sites excluding steroid dienone is 2. The highest BCUT2D eigenvalue weighted by Gasteiger charge is 2.41. The quantitative estimate of drug-likeness (QED) is 0.791. The van der Waals surface area contributed by atoms with Crippen LogP contribution in [-0.2, 0) is 19.1 Å². The van der Waals surface area contributed by atoms with Crippen molar-refractivity contribution in [2.24, 2.45) is 0 Å². The van der Waals surface area contributed by atoms with Crippen LogP contribution in [0.15, 0.2) is 23.8 Å². The van der Waals surface area contributed by atoms with Crippen molar-refractivity contribution < 1.29 is 24.2 Å². The van der Waals surface area contributed by atoms with Gasteiger partial charge in [0.25, 0.3) is 0 Å². The minimum absolute atomic E-state index is 0.159. The summed E-state index contributed by atoms with van der Waals surface area (Å²) >= 11 is 0. The number of aliphatic hydroxyl groups is 1. The summed E-state index contributed by atoms with van der Waals surface area (Å²) in [6.45, 7) is 10.4. The molecule has 1 aliphatic carbocycles. The first kappa shape index (κ1) is 17.4. The summed E-state index contributed by atoms with van der Waals surface area (Å²) in [4.78, 5) is 24.1. The molecular formula is C16H24O5. The zero-order valence-electron chi connectivity index (χ0n) is 13.5. The lowest BCUT2D eigenvalue weighted by Crippen LogP contribution is -2.44. The summed E-state index contributed by atoms with van der Waals surface area (Å²) in [6.07, 6.45) is 4.17. The molecule has 1 rings (SSSR count). The van der Waals surface area contributed by atoms with Crippen LogP contribution in [0.5, 0.6) is 0 Å². The summed E-state index contributed by atoms with van der Waals surface area (Å²) in [6, 6.07) is 0. The van der Waals surface area contributed by atoms with E-state index in [1.165, 1.54) is 18.2 Å². The maximum Gasteiger partial charge on any atom is 0.343 e. The maximum atomic E-state index is 12.1. The van der Waals surface area contributed by atoms with Crippen molar-refractivity contribution in [3.05, 3.63) is 23.8 Å². The van der Waals surface area contributed by atoms with Gasteiger partial charge in [-0.2, -0.15) is 0 Å². The van der Waals surface area contributed by atoms with Gasteiger partial charge < -0.3 is 14.6 Å². The highest BCUT2D eigenvalue weighted by molar-refractivity contribution is 5.93. The van der Waals surface area contributed by atoms with E-state index in [9.17, 15) is 14.7 Å². The molecule has 0 bridgehead atoms. The number of carbonyl (C=O) groups is 2. The Balaban J connectivity index is 2.84. The zero-order chi connectivity index (χ0) is 16.5. The molecule has 0 saturated heterocycles. The molecular weight excluding hydrogens is 272 g/mol. The largest absolute Gasteiger partial charge is 0.458 e. The van der Waals surface area contributed by atoms with Gasteiger partial charge in [-0.25, -0.2) is 9.59 Å². The van der Waals surface area contributed by atoms with Gasteiger partial charge in [0, 0.05) is 12.0 Å². The fourth-order valence-corrected chi connectivity index (χ4v) is 1.72. The normalized spacial score (nSPS) is 22.5. The lowest BCUT2D eigenvalue weighted by atomic mass is 9.89. The molecule has 0 spiro atoms. The standard InChI is InChI=1S/C16H24O5/c1-14(2,3)20-12(17)11-8-7-9-16(19,10-11)13(18)21-15(4,5)6/h7-9,19H,10H2,1-6H3. The average Bonchev–Trinajstić information content (AvgIpc) is 2.24. The molecule has 0 fully saturated rings. The second kappa shape index (κ2) is 5.64. The minimum Gasteiger partial charge on any atom is -0.458 e. The fraction of sp³-hybridized carbons (Fsp3) is 0.625. The highest BCUT2D eigenvalue weighted by Crippen LogP contribution is 2.28. The van der Waals surface area contributed by atoms with Crippen LogP contribution in [-0.4, -0.2) is 33.8 Å². The smallest absolute Gasteiger partial charge is 0.343 e. The van der Waals surface area contributed by atoms with Crippen molar-refractivity contribution in [3.63, 3.8) is 0 Å². The molecule has 0 aromatic rings. The van der Waals surface area contributed by atoms with E-state index in [-0.39, 0.29) is 12.0 Å². The van der Waals surface area contributed by atoms with Gasteiger partial charge in [0.15, 0.2) is 5.60 Å². The third-order valence-corrected chi connectivity index (χ3v) is 2.54. The Labute approximate surface area is 125 Å². The van der Waals surface area contributed by atoms with Gasteiger partial charge in [-0.3, -0.25) is 0 Å². The molecule has 0 aromatic heterocycles. The van der Waals surface area contributed by atoms with Gasteiger partial charge in [0.1, 0.15) is 11.2 Å². The van der Waals surface area contributed by atoms with Crippen LogP contribution in [0.2, 0.25) is 0 Å². The second-order valence-electron chi connectivity index (χ2n) is 7.16. The third kappa shape index (κ3) is 5.34. The van der Waals surface area contributed by atoms with Crippen LogP contribution in [0, 0.1) is 0 Å². The Morgan fingerprint density at radius 2 is 1.62 bits per heavy atom. The third-order valence-electron chi connectivity index (χ3n) is 2.54. The van der Waals surface area contributed by atoms with Crippen LogP contribution in [0.4, 0.5) is 0 Å². The lowest BCUT2D eigenvalue weighted by molar-refractivity contribution is -0.172. The maximum absolute atomic E-state index is 12.1. The lowest BCUT2D eigenvalue weighted by Gasteiger charge is -2.30. The summed E-state index contributed by atoms with van der Waals surface area (Å²) in [5.74, 6) is -1.32. The molecule has 0 amide bonds. The van der Waals surface area contributed by atoms with E-state index in [2.05, 4.69) is 0 Å². The van der Waals surface area contributed by atoms with Crippen molar-refractivity contribution in [3.8, 4) is 0 Å². The first-order valence-corrected chi connectivity index (χ1v) is 6.90. The summed E-state index contributed by atoms with van der Waals surface area (Å²) in [5, 5.41) is 10.4. The number of hydrogen-bond acceptors (Lipinski definition) is 5. The zero-order valence-corrected chi connectivity index (χ0v) is 13.5. The van der Waals surface area contributed by atoms with Crippen LogP contribution >= 0.6 is 0 Å². The van der Waals surface area contributed by atoms with Crippen LogP contribution in [0.1, 0.15) is 48.0 Å². The van der Waals surface area contributed by atoms with Gasteiger partial charge in [-0.1, -0.05) is 12.2 Å². The number of carbonyl (C=O) groups excluding carboxylic acids is 2. The molecule has 21 heavy (non-hydrogen) atoms. The summed E-state index contributed by atoms with van der Waals surface area (Å²) in [5.41, 5.74) is -2.95. The minimum atomic E-state index is -1.84. The number of rotatable bonds is 2. The Kier molecular flexibility index (Phi) is 4.68. The molecule has 0 aliphatic heterocycles. The number of ether oxygens (including phenoxy) is 2. The molecule has 5 heteroatoms. The molecule has 0 heterocycles. The average molecular weight is 296 g/mol. The first-order chi connectivity index (χ1) is 9.32. The van der Waals surface area contributed by atoms with Gasteiger partial charge in [0.05, 0.1) is 0 Å². The number of hydrogen-bond donors (Lipinski definition) is 1. The topological polar surface area (TPSA) is 72.8 Å². The van der Waals surface area contributed by atoms with Crippen LogP contribution < -0.4 is 0 Å². The highest BCUT2D eigenvalue weighted by atomic mass is 16.6. The summed E-state index contributed by atoms with van der Waals surface area (Å²) < 4.78 is 10.4. The van der Waals surface area contributed by atoms with E-state index in [1.807, 2.05) is 0 Å². The van der Waals surface area contributed by atoms with E-state index in [4.69, 9.17) is 9.47 Å². The van der Waals surface area contributed by atoms with Gasteiger partial charge >= 0.3 is 11.9 Å². The van der Waals surface area contributed by atoms with Crippen molar-refractivity contribution in [2.75, 3.05) is 0 Å². The molecule has 0 saturated carbocycles. The second-order valence-corrected chi connectivity index (χ2v) is 7.16. The predicted octanol–water partition coefficient (Wildman–Crippen LogP) is 2.29. The Morgan fingerprint density at radius 3 is 2.10 bits per heavy atom. The van der Waals surface area contributed by atoms with E-state index < -0.39 is 28.7 Å². The molecule has 1 N–H and O–H groups in total. The Hall–Kier alpha value is -1.62. The SMILES string of the molecule is CC(C)(C)OC(=O)C1=CC=CC(O)(C(=O)OC(C)(C)C)C1. The number of esters is 2. The van der Waals surface area contributed by atoms with Crippen molar-refractivity contribution >= 4 is 11.9 Å².